The lowest BCUT2D eigenvalue weighted by Crippen LogP contribution is -2.43. The van der Waals surface area contributed by atoms with Crippen molar-refractivity contribution in [2.45, 2.75) is 39.2 Å². The summed E-state index contributed by atoms with van der Waals surface area (Å²) in [6.07, 6.45) is 3.78. The second-order valence-corrected chi connectivity index (χ2v) is 6.73. The molecule has 1 aromatic carbocycles. The number of rotatable bonds is 7. The molecule has 128 valence electrons. The van der Waals surface area contributed by atoms with Crippen LogP contribution < -0.4 is 10.6 Å². The molecule has 1 saturated heterocycles. The van der Waals surface area contributed by atoms with Gasteiger partial charge >= 0.3 is 0 Å². The van der Waals surface area contributed by atoms with Gasteiger partial charge in [0.1, 0.15) is 0 Å². The first-order valence-corrected chi connectivity index (χ1v) is 8.94. The summed E-state index contributed by atoms with van der Waals surface area (Å²) in [4.78, 5) is 6.94. The first kappa shape index (κ1) is 17.8. The van der Waals surface area contributed by atoms with Gasteiger partial charge in [0.05, 0.1) is 6.04 Å². The van der Waals surface area contributed by atoms with Gasteiger partial charge in [-0.3, -0.25) is 9.89 Å². The molecule has 23 heavy (non-hydrogen) atoms. The van der Waals surface area contributed by atoms with E-state index in [4.69, 9.17) is 0 Å². The molecule has 0 amide bonds. The van der Waals surface area contributed by atoms with Crippen molar-refractivity contribution in [1.82, 2.24) is 15.5 Å². The first-order chi connectivity index (χ1) is 11.2. The molecule has 1 aliphatic heterocycles. The van der Waals surface area contributed by atoms with Crippen LogP contribution in [0.5, 0.6) is 0 Å². The fourth-order valence-electron chi connectivity index (χ4n) is 3.08. The highest BCUT2D eigenvalue weighted by molar-refractivity contribution is 5.79. The molecule has 0 aromatic heterocycles. The van der Waals surface area contributed by atoms with Crippen LogP contribution in [-0.2, 0) is 0 Å². The lowest BCUT2D eigenvalue weighted by molar-refractivity contribution is 0.245. The molecule has 1 heterocycles. The van der Waals surface area contributed by atoms with Gasteiger partial charge in [-0.05, 0) is 43.8 Å². The van der Waals surface area contributed by atoms with Gasteiger partial charge in [-0.2, -0.15) is 0 Å². The molecule has 4 nitrogen and oxygen atoms in total. The molecule has 1 fully saturated rings. The van der Waals surface area contributed by atoms with Crippen LogP contribution in [0.2, 0.25) is 0 Å². The van der Waals surface area contributed by atoms with Crippen LogP contribution in [0, 0.1) is 5.92 Å². The Hall–Kier alpha value is -1.55. The van der Waals surface area contributed by atoms with Gasteiger partial charge in [0.2, 0.25) is 0 Å². The Kier molecular flexibility index (Phi) is 7.40. The highest BCUT2D eigenvalue weighted by Gasteiger charge is 2.23. The minimum absolute atomic E-state index is 0.419. The van der Waals surface area contributed by atoms with E-state index in [0.717, 1.165) is 25.5 Å². The maximum absolute atomic E-state index is 4.35. The van der Waals surface area contributed by atoms with E-state index in [1.165, 1.54) is 31.5 Å². The Balaban J connectivity index is 1.92. The molecule has 4 heteroatoms. The average Bonchev–Trinajstić information content (AvgIpc) is 3.08. The second-order valence-electron chi connectivity index (χ2n) is 6.73. The lowest BCUT2D eigenvalue weighted by atomic mass is 10.1. The molecule has 1 unspecified atom stereocenters. The van der Waals surface area contributed by atoms with E-state index in [1.54, 1.807) is 0 Å². The molecule has 1 atom stereocenters. The summed E-state index contributed by atoms with van der Waals surface area (Å²) in [7, 11) is 1.85. The third-order valence-electron chi connectivity index (χ3n) is 4.47. The quantitative estimate of drug-likeness (QED) is 0.600. The molecule has 0 bridgehead atoms. The van der Waals surface area contributed by atoms with E-state index in [0.29, 0.717) is 12.0 Å². The summed E-state index contributed by atoms with van der Waals surface area (Å²) >= 11 is 0. The predicted molar refractivity (Wildman–Crippen MR) is 98.8 cm³/mol. The number of guanidine groups is 1. The summed E-state index contributed by atoms with van der Waals surface area (Å²) in [5, 5.41) is 6.93. The van der Waals surface area contributed by atoms with Gasteiger partial charge in [-0.1, -0.05) is 44.2 Å². The van der Waals surface area contributed by atoms with Gasteiger partial charge < -0.3 is 10.6 Å². The van der Waals surface area contributed by atoms with Crippen molar-refractivity contribution in [2.24, 2.45) is 10.9 Å². The van der Waals surface area contributed by atoms with Crippen LogP contribution in [0.1, 0.15) is 44.7 Å². The van der Waals surface area contributed by atoms with E-state index in [1.807, 2.05) is 7.05 Å². The SMILES string of the molecule is CN=C(NCCC(C)C)NCC(c1ccccc1)N1CCCC1. The first-order valence-electron chi connectivity index (χ1n) is 8.94. The second kappa shape index (κ2) is 9.56. The molecule has 0 spiro atoms. The van der Waals surface area contributed by atoms with Gasteiger partial charge in [-0.25, -0.2) is 0 Å². The zero-order valence-corrected chi connectivity index (χ0v) is 14.9. The van der Waals surface area contributed by atoms with Crippen LogP contribution in [0.25, 0.3) is 0 Å². The fourth-order valence-corrected chi connectivity index (χ4v) is 3.08. The Morgan fingerprint density at radius 3 is 2.43 bits per heavy atom. The molecule has 0 saturated carbocycles. The molecule has 1 aliphatic rings. The lowest BCUT2D eigenvalue weighted by Gasteiger charge is -2.29. The van der Waals surface area contributed by atoms with Gasteiger partial charge in [-0.15, -0.1) is 0 Å². The highest BCUT2D eigenvalue weighted by atomic mass is 15.2. The van der Waals surface area contributed by atoms with E-state index < -0.39 is 0 Å². The Bertz CT molecular complexity index is 464. The monoisotopic (exact) mass is 316 g/mol. The van der Waals surface area contributed by atoms with E-state index in [9.17, 15) is 0 Å². The van der Waals surface area contributed by atoms with Crippen molar-refractivity contribution in [3.63, 3.8) is 0 Å². The normalized spacial score (nSPS) is 17.5. The highest BCUT2D eigenvalue weighted by Crippen LogP contribution is 2.24. The topological polar surface area (TPSA) is 39.7 Å². The molecule has 2 rings (SSSR count). The van der Waals surface area contributed by atoms with Crippen LogP contribution in [-0.4, -0.2) is 44.1 Å². The summed E-state index contributed by atoms with van der Waals surface area (Å²) in [6, 6.07) is 11.2. The third kappa shape index (κ3) is 5.87. The fraction of sp³-hybridized carbons (Fsp3) is 0.632. The van der Waals surface area contributed by atoms with Crippen molar-refractivity contribution in [3.05, 3.63) is 35.9 Å². The minimum atomic E-state index is 0.419. The number of hydrogen-bond donors (Lipinski definition) is 2. The van der Waals surface area contributed by atoms with E-state index >= 15 is 0 Å². The van der Waals surface area contributed by atoms with Crippen LogP contribution >= 0.6 is 0 Å². The minimum Gasteiger partial charge on any atom is -0.356 e. The summed E-state index contributed by atoms with van der Waals surface area (Å²) < 4.78 is 0. The average molecular weight is 316 g/mol. The predicted octanol–water partition coefficient (Wildman–Crippen LogP) is 3.03. The summed E-state index contributed by atoms with van der Waals surface area (Å²) in [5.41, 5.74) is 1.39. The molecule has 1 aromatic rings. The number of hydrogen-bond acceptors (Lipinski definition) is 2. The molecular weight excluding hydrogens is 284 g/mol. The smallest absolute Gasteiger partial charge is 0.191 e. The van der Waals surface area contributed by atoms with Gasteiger partial charge in [0.15, 0.2) is 5.96 Å². The van der Waals surface area contributed by atoms with Crippen LogP contribution in [0.3, 0.4) is 0 Å². The van der Waals surface area contributed by atoms with Crippen LogP contribution in [0.4, 0.5) is 0 Å². The van der Waals surface area contributed by atoms with E-state index in [2.05, 4.69) is 64.7 Å². The van der Waals surface area contributed by atoms with E-state index in [-0.39, 0.29) is 0 Å². The standard InChI is InChI=1S/C19H32N4/c1-16(2)11-12-21-19(20-3)22-15-18(23-13-7-8-14-23)17-9-5-4-6-10-17/h4-6,9-10,16,18H,7-8,11-15H2,1-3H3,(H2,20,21,22). The maximum Gasteiger partial charge on any atom is 0.191 e. The molecular formula is C19H32N4. The van der Waals surface area contributed by atoms with Gasteiger partial charge in [0, 0.05) is 20.1 Å². The van der Waals surface area contributed by atoms with Crippen molar-refractivity contribution >= 4 is 5.96 Å². The number of nitrogens with zero attached hydrogens (tertiary/aromatic N) is 2. The molecule has 0 radical (unpaired) electrons. The number of likely N-dealkylation sites (tertiary alicyclic amines) is 1. The van der Waals surface area contributed by atoms with Crippen molar-refractivity contribution in [3.8, 4) is 0 Å². The zero-order chi connectivity index (χ0) is 16.5. The Morgan fingerprint density at radius 2 is 1.83 bits per heavy atom. The van der Waals surface area contributed by atoms with Crippen LogP contribution in [0.15, 0.2) is 35.3 Å². The number of aliphatic imine (C=N–C) groups is 1. The van der Waals surface area contributed by atoms with Crippen molar-refractivity contribution in [2.75, 3.05) is 33.2 Å². The number of nitrogens with one attached hydrogen (secondary N) is 2. The third-order valence-corrected chi connectivity index (χ3v) is 4.47. The zero-order valence-electron chi connectivity index (χ0n) is 14.9. The van der Waals surface area contributed by atoms with Crippen molar-refractivity contribution in [1.29, 1.82) is 0 Å². The summed E-state index contributed by atoms with van der Waals surface area (Å²) in [6.45, 7) is 8.75. The molecule has 2 N–H and O–H groups in total. The Morgan fingerprint density at radius 1 is 1.13 bits per heavy atom. The Labute approximate surface area is 141 Å². The van der Waals surface area contributed by atoms with Crippen molar-refractivity contribution < 1.29 is 0 Å². The maximum atomic E-state index is 4.35. The van der Waals surface area contributed by atoms with Gasteiger partial charge in [0.25, 0.3) is 0 Å². The molecule has 0 aliphatic carbocycles. The number of benzene rings is 1. The summed E-state index contributed by atoms with van der Waals surface area (Å²) in [5.74, 6) is 1.62. The largest absolute Gasteiger partial charge is 0.356 e.